The van der Waals surface area contributed by atoms with E-state index in [1.807, 2.05) is 53.4 Å². The van der Waals surface area contributed by atoms with E-state index in [1.54, 1.807) is 11.0 Å². The number of benzene rings is 2. The first-order chi connectivity index (χ1) is 12.6. The van der Waals surface area contributed by atoms with Crippen molar-refractivity contribution in [3.8, 4) is 0 Å². The van der Waals surface area contributed by atoms with Crippen LogP contribution >= 0.6 is 11.6 Å². The SMILES string of the molecule is O=C(Cc1ccccc1)N1CCN(C(=O)NCc2ccccc2Cl)CC1. The molecule has 1 saturated heterocycles. The molecule has 5 nitrogen and oxygen atoms in total. The summed E-state index contributed by atoms with van der Waals surface area (Å²) in [5.41, 5.74) is 1.90. The average molecular weight is 372 g/mol. The van der Waals surface area contributed by atoms with Crippen LogP contribution in [0.25, 0.3) is 0 Å². The molecule has 1 N–H and O–H groups in total. The molecule has 26 heavy (non-hydrogen) atoms. The third-order valence-corrected chi connectivity index (χ3v) is 4.87. The zero-order valence-corrected chi connectivity index (χ0v) is 15.3. The Morgan fingerprint density at radius 1 is 0.885 bits per heavy atom. The lowest BCUT2D eigenvalue weighted by molar-refractivity contribution is -0.131. The quantitative estimate of drug-likeness (QED) is 0.898. The van der Waals surface area contributed by atoms with Crippen LogP contribution in [0, 0.1) is 0 Å². The minimum atomic E-state index is -0.125. The second kappa shape index (κ2) is 8.72. The Hall–Kier alpha value is -2.53. The number of amides is 3. The largest absolute Gasteiger partial charge is 0.339 e. The van der Waals surface area contributed by atoms with Gasteiger partial charge in [-0.2, -0.15) is 0 Å². The molecule has 0 aromatic heterocycles. The van der Waals surface area contributed by atoms with Crippen LogP contribution in [0.3, 0.4) is 0 Å². The van der Waals surface area contributed by atoms with E-state index in [1.165, 1.54) is 0 Å². The zero-order chi connectivity index (χ0) is 18.4. The van der Waals surface area contributed by atoms with Crippen molar-refractivity contribution >= 4 is 23.5 Å². The Bertz CT molecular complexity index is 759. The van der Waals surface area contributed by atoms with Crippen LogP contribution in [-0.2, 0) is 17.8 Å². The van der Waals surface area contributed by atoms with Gasteiger partial charge in [0.1, 0.15) is 0 Å². The number of halogens is 1. The number of carbonyl (C=O) groups is 2. The summed E-state index contributed by atoms with van der Waals surface area (Å²) in [6, 6.07) is 17.0. The van der Waals surface area contributed by atoms with Crippen LogP contribution in [0.4, 0.5) is 4.79 Å². The highest BCUT2D eigenvalue weighted by atomic mass is 35.5. The first-order valence-corrected chi connectivity index (χ1v) is 9.09. The Labute approximate surface area is 158 Å². The number of urea groups is 1. The van der Waals surface area contributed by atoms with E-state index in [2.05, 4.69) is 5.32 Å². The highest BCUT2D eigenvalue weighted by Crippen LogP contribution is 2.14. The van der Waals surface area contributed by atoms with Crippen molar-refractivity contribution in [2.24, 2.45) is 0 Å². The summed E-state index contributed by atoms with van der Waals surface area (Å²) in [5, 5.41) is 3.54. The van der Waals surface area contributed by atoms with E-state index in [9.17, 15) is 9.59 Å². The van der Waals surface area contributed by atoms with Crippen LogP contribution in [0.1, 0.15) is 11.1 Å². The third-order valence-electron chi connectivity index (χ3n) is 4.51. The van der Waals surface area contributed by atoms with Crippen molar-refractivity contribution in [1.29, 1.82) is 0 Å². The summed E-state index contributed by atoms with van der Waals surface area (Å²) in [6.07, 6.45) is 0.402. The second-order valence-corrected chi connectivity index (χ2v) is 6.69. The van der Waals surface area contributed by atoms with Gasteiger partial charge in [-0.1, -0.05) is 60.1 Å². The second-order valence-electron chi connectivity index (χ2n) is 6.28. The molecular formula is C20H22ClN3O2. The molecule has 1 fully saturated rings. The van der Waals surface area contributed by atoms with Crippen molar-refractivity contribution in [3.63, 3.8) is 0 Å². The van der Waals surface area contributed by atoms with Crippen LogP contribution in [0.2, 0.25) is 5.02 Å². The zero-order valence-electron chi connectivity index (χ0n) is 14.5. The molecule has 0 spiro atoms. The van der Waals surface area contributed by atoms with Gasteiger partial charge in [0.25, 0.3) is 0 Å². The van der Waals surface area contributed by atoms with Gasteiger partial charge < -0.3 is 15.1 Å². The predicted octanol–water partition coefficient (Wildman–Crippen LogP) is 2.94. The molecule has 0 radical (unpaired) electrons. The Kier molecular flexibility index (Phi) is 6.12. The average Bonchev–Trinajstić information content (AvgIpc) is 2.68. The molecule has 1 heterocycles. The van der Waals surface area contributed by atoms with Crippen molar-refractivity contribution in [2.75, 3.05) is 26.2 Å². The van der Waals surface area contributed by atoms with E-state index in [0.717, 1.165) is 11.1 Å². The first kappa shape index (κ1) is 18.3. The highest BCUT2D eigenvalue weighted by molar-refractivity contribution is 6.31. The Morgan fingerprint density at radius 3 is 2.19 bits per heavy atom. The minimum absolute atomic E-state index is 0.104. The van der Waals surface area contributed by atoms with E-state index >= 15 is 0 Å². The fourth-order valence-electron chi connectivity index (χ4n) is 2.97. The molecule has 0 bridgehead atoms. The molecular weight excluding hydrogens is 350 g/mol. The van der Waals surface area contributed by atoms with Crippen LogP contribution in [-0.4, -0.2) is 47.9 Å². The number of nitrogens with zero attached hydrogens (tertiary/aromatic N) is 2. The number of rotatable bonds is 4. The first-order valence-electron chi connectivity index (χ1n) is 8.71. The summed E-state index contributed by atoms with van der Waals surface area (Å²) in [6.45, 7) is 2.59. The maximum Gasteiger partial charge on any atom is 0.317 e. The summed E-state index contributed by atoms with van der Waals surface area (Å²) in [5.74, 6) is 0.104. The van der Waals surface area contributed by atoms with Gasteiger partial charge >= 0.3 is 6.03 Å². The summed E-state index contributed by atoms with van der Waals surface area (Å²) in [4.78, 5) is 28.3. The van der Waals surface area contributed by atoms with E-state index in [4.69, 9.17) is 11.6 Å². The highest BCUT2D eigenvalue weighted by Gasteiger charge is 2.24. The van der Waals surface area contributed by atoms with Gasteiger partial charge in [-0.05, 0) is 17.2 Å². The fourth-order valence-corrected chi connectivity index (χ4v) is 3.17. The lowest BCUT2D eigenvalue weighted by Gasteiger charge is -2.34. The van der Waals surface area contributed by atoms with Crippen molar-refractivity contribution in [2.45, 2.75) is 13.0 Å². The maximum absolute atomic E-state index is 12.4. The van der Waals surface area contributed by atoms with Gasteiger partial charge in [0, 0.05) is 37.7 Å². The minimum Gasteiger partial charge on any atom is -0.339 e. The standard InChI is InChI=1S/C20H22ClN3O2/c21-18-9-5-4-8-17(18)15-22-20(26)24-12-10-23(11-13-24)19(25)14-16-6-2-1-3-7-16/h1-9H,10-15H2,(H,22,26). The van der Waals surface area contributed by atoms with Gasteiger partial charge in [0.05, 0.1) is 6.42 Å². The van der Waals surface area contributed by atoms with Crippen LogP contribution in [0.5, 0.6) is 0 Å². The van der Waals surface area contributed by atoms with E-state index < -0.39 is 0 Å². The molecule has 1 aliphatic rings. The molecule has 2 aromatic rings. The van der Waals surface area contributed by atoms with Crippen molar-refractivity contribution in [3.05, 3.63) is 70.7 Å². The lowest BCUT2D eigenvalue weighted by Crippen LogP contribution is -2.53. The molecule has 136 valence electrons. The summed E-state index contributed by atoms with van der Waals surface area (Å²) in [7, 11) is 0. The fraction of sp³-hybridized carbons (Fsp3) is 0.300. The topological polar surface area (TPSA) is 52.7 Å². The van der Waals surface area contributed by atoms with Crippen molar-refractivity contribution in [1.82, 2.24) is 15.1 Å². The molecule has 0 unspecified atom stereocenters. The number of hydrogen-bond acceptors (Lipinski definition) is 2. The Morgan fingerprint density at radius 2 is 1.50 bits per heavy atom. The monoisotopic (exact) mass is 371 g/mol. The molecule has 1 aliphatic heterocycles. The molecule has 0 saturated carbocycles. The molecule has 3 amide bonds. The number of hydrogen-bond donors (Lipinski definition) is 1. The molecule has 2 aromatic carbocycles. The number of nitrogens with one attached hydrogen (secondary N) is 1. The maximum atomic E-state index is 12.4. The number of carbonyl (C=O) groups excluding carboxylic acids is 2. The normalized spacial score (nSPS) is 14.2. The third kappa shape index (κ3) is 4.76. The van der Waals surface area contributed by atoms with Gasteiger partial charge in [0.2, 0.25) is 5.91 Å². The van der Waals surface area contributed by atoms with Crippen LogP contribution < -0.4 is 5.32 Å². The van der Waals surface area contributed by atoms with Gasteiger partial charge in [0.15, 0.2) is 0 Å². The molecule has 3 rings (SSSR count). The van der Waals surface area contributed by atoms with Gasteiger partial charge in [-0.3, -0.25) is 4.79 Å². The molecule has 6 heteroatoms. The van der Waals surface area contributed by atoms with E-state index in [0.29, 0.717) is 44.2 Å². The van der Waals surface area contributed by atoms with Crippen LogP contribution in [0.15, 0.2) is 54.6 Å². The van der Waals surface area contributed by atoms with E-state index in [-0.39, 0.29) is 11.9 Å². The lowest BCUT2D eigenvalue weighted by atomic mass is 10.1. The molecule has 0 aliphatic carbocycles. The molecule has 0 atom stereocenters. The van der Waals surface area contributed by atoms with Gasteiger partial charge in [-0.25, -0.2) is 4.79 Å². The smallest absolute Gasteiger partial charge is 0.317 e. The van der Waals surface area contributed by atoms with Crippen molar-refractivity contribution < 1.29 is 9.59 Å². The summed E-state index contributed by atoms with van der Waals surface area (Å²) >= 11 is 6.10. The number of piperazine rings is 1. The Balaban J connectivity index is 1.45. The predicted molar refractivity (Wildman–Crippen MR) is 102 cm³/mol. The summed E-state index contributed by atoms with van der Waals surface area (Å²) < 4.78 is 0. The van der Waals surface area contributed by atoms with Gasteiger partial charge in [-0.15, -0.1) is 0 Å².